The van der Waals surface area contributed by atoms with Crippen LogP contribution >= 0.6 is 0 Å². The van der Waals surface area contributed by atoms with Crippen LogP contribution in [0.4, 0.5) is 5.69 Å². The first kappa shape index (κ1) is 16.1. The average molecular weight is 324 g/mol. The van der Waals surface area contributed by atoms with E-state index >= 15 is 0 Å². The highest BCUT2D eigenvalue weighted by molar-refractivity contribution is 6.01. The zero-order valence-electron chi connectivity index (χ0n) is 13.8. The standard InChI is InChI=1S/C19H20N2O3/c1-3-12-21-17(13-8-10-14(11-9-13)19(23)24-2)20-16-7-5-4-6-15(16)18(21)22/h4-11,17,20H,3,12H2,1-2H3/t17-/m1/s1. The largest absolute Gasteiger partial charge is 0.465 e. The zero-order valence-corrected chi connectivity index (χ0v) is 13.8. The molecule has 2 aromatic rings. The number of para-hydroxylation sites is 1. The molecule has 0 aliphatic carbocycles. The molecule has 1 aliphatic heterocycles. The number of nitrogens with zero attached hydrogens (tertiary/aromatic N) is 1. The molecule has 1 heterocycles. The number of amides is 1. The van der Waals surface area contributed by atoms with Gasteiger partial charge in [0.2, 0.25) is 0 Å². The van der Waals surface area contributed by atoms with E-state index in [-0.39, 0.29) is 18.0 Å². The van der Waals surface area contributed by atoms with E-state index in [1.165, 1.54) is 7.11 Å². The van der Waals surface area contributed by atoms with Crippen LogP contribution in [0.5, 0.6) is 0 Å². The molecule has 3 rings (SSSR count). The highest BCUT2D eigenvalue weighted by Gasteiger charge is 2.32. The molecule has 0 saturated heterocycles. The van der Waals surface area contributed by atoms with Crippen LogP contribution in [-0.2, 0) is 4.74 Å². The molecule has 0 unspecified atom stereocenters. The molecule has 1 amide bonds. The molecule has 0 saturated carbocycles. The van der Waals surface area contributed by atoms with Crippen molar-refractivity contribution in [3.05, 3.63) is 65.2 Å². The summed E-state index contributed by atoms with van der Waals surface area (Å²) in [6, 6.07) is 14.7. The fourth-order valence-corrected chi connectivity index (χ4v) is 2.95. The summed E-state index contributed by atoms with van der Waals surface area (Å²) in [7, 11) is 1.36. The fraction of sp³-hybridized carbons (Fsp3) is 0.263. The summed E-state index contributed by atoms with van der Waals surface area (Å²) >= 11 is 0. The summed E-state index contributed by atoms with van der Waals surface area (Å²) in [4.78, 5) is 26.2. The quantitative estimate of drug-likeness (QED) is 0.875. The number of fused-ring (bicyclic) bond motifs is 1. The van der Waals surface area contributed by atoms with Gasteiger partial charge in [0.05, 0.1) is 18.2 Å². The second-order valence-corrected chi connectivity index (χ2v) is 5.70. The topological polar surface area (TPSA) is 58.6 Å². The Bertz CT molecular complexity index is 755. The Morgan fingerprint density at radius 1 is 1.17 bits per heavy atom. The average Bonchev–Trinajstić information content (AvgIpc) is 2.63. The molecule has 1 aliphatic rings. The molecular formula is C19H20N2O3. The molecule has 124 valence electrons. The van der Waals surface area contributed by atoms with E-state index in [0.717, 1.165) is 17.7 Å². The van der Waals surface area contributed by atoms with E-state index in [2.05, 4.69) is 5.32 Å². The van der Waals surface area contributed by atoms with Gasteiger partial charge in [0.25, 0.3) is 5.91 Å². The Morgan fingerprint density at radius 2 is 1.88 bits per heavy atom. The van der Waals surface area contributed by atoms with Crippen LogP contribution in [0.2, 0.25) is 0 Å². The van der Waals surface area contributed by atoms with Gasteiger partial charge in [-0.25, -0.2) is 4.79 Å². The van der Waals surface area contributed by atoms with Crippen LogP contribution in [0.3, 0.4) is 0 Å². The summed E-state index contributed by atoms with van der Waals surface area (Å²) in [5.74, 6) is -0.349. The lowest BCUT2D eigenvalue weighted by Gasteiger charge is -2.38. The second-order valence-electron chi connectivity index (χ2n) is 5.70. The van der Waals surface area contributed by atoms with Gasteiger partial charge in [0.1, 0.15) is 6.17 Å². The van der Waals surface area contributed by atoms with Gasteiger partial charge in [-0.05, 0) is 36.2 Å². The summed E-state index contributed by atoms with van der Waals surface area (Å²) in [6.45, 7) is 2.70. The third-order valence-corrected chi connectivity index (χ3v) is 4.13. The Kier molecular flexibility index (Phi) is 4.51. The maximum atomic E-state index is 12.8. The Labute approximate surface area is 141 Å². The van der Waals surface area contributed by atoms with Crippen molar-refractivity contribution >= 4 is 17.6 Å². The van der Waals surface area contributed by atoms with Crippen LogP contribution in [-0.4, -0.2) is 30.4 Å². The summed E-state index contributed by atoms with van der Waals surface area (Å²) < 4.78 is 4.73. The molecule has 24 heavy (non-hydrogen) atoms. The monoisotopic (exact) mass is 324 g/mol. The molecule has 2 aromatic carbocycles. The van der Waals surface area contributed by atoms with Crippen LogP contribution in [0.1, 0.15) is 45.8 Å². The number of benzene rings is 2. The molecule has 1 N–H and O–H groups in total. The number of hydrogen-bond donors (Lipinski definition) is 1. The van der Waals surface area contributed by atoms with Crippen molar-refractivity contribution in [2.75, 3.05) is 19.0 Å². The number of carbonyl (C=O) groups is 2. The first-order valence-corrected chi connectivity index (χ1v) is 8.00. The fourth-order valence-electron chi connectivity index (χ4n) is 2.95. The third kappa shape index (κ3) is 2.85. The zero-order chi connectivity index (χ0) is 17.1. The Hall–Kier alpha value is -2.82. The van der Waals surface area contributed by atoms with Gasteiger partial charge < -0.3 is 15.0 Å². The molecule has 0 spiro atoms. The maximum Gasteiger partial charge on any atom is 0.337 e. The van der Waals surface area contributed by atoms with Gasteiger partial charge in [-0.3, -0.25) is 4.79 Å². The van der Waals surface area contributed by atoms with E-state index < -0.39 is 0 Å². The van der Waals surface area contributed by atoms with Gasteiger partial charge in [-0.2, -0.15) is 0 Å². The maximum absolute atomic E-state index is 12.8. The van der Waals surface area contributed by atoms with Gasteiger partial charge >= 0.3 is 5.97 Å². The lowest BCUT2D eigenvalue weighted by Crippen LogP contribution is -2.43. The van der Waals surface area contributed by atoms with Crippen molar-refractivity contribution in [1.29, 1.82) is 0 Å². The predicted octanol–water partition coefficient (Wildman–Crippen LogP) is 3.45. The van der Waals surface area contributed by atoms with Crippen molar-refractivity contribution in [3.63, 3.8) is 0 Å². The first-order valence-electron chi connectivity index (χ1n) is 8.00. The number of rotatable bonds is 4. The second kappa shape index (κ2) is 6.74. The molecule has 5 nitrogen and oxygen atoms in total. The Morgan fingerprint density at radius 3 is 2.54 bits per heavy atom. The summed E-state index contributed by atoms with van der Waals surface area (Å²) in [5.41, 5.74) is 2.94. The summed E-state index contributed by atoms with van der Waals surface area (Å²) in [6.07, 6.45) is 0.617. The number of nitrogens with one attached hydrogen (secondary N) is 1. The van der Waals surface area contributed by atoms with Crippen molar-refractivity contribution < 1.29 is 14.3 Å². The van der Waals surface area contributed by atoms with Crippen molar-refractivity contribution in [1.82, 2.24) is 4.90 Å². The molecule has 5 heteroatoms. The number of anilines is 1. The minimum atomic E-state index is -0.370. The Balaban J connectivity index is 1.96. The number of esters is 1. The molecule has 1 atom stereocenters. The summed E-state index contributed by atoms with van der Waals surface area (Å²) in [5, 5.41) is 3.43. The minimum absolute atomic E-state index is 0.0215. The van der Waals surface area contributed by atoms with Crippen LogP contribution < -0.4 is 5.32 Å². The van der Waals surface area contributed by atoms with Gasteiger partial charge in [0.15, 0.2) is 0 Å². The number of methoxy groups -OCH3 is 1. The molecule has 0 radical (unpaired) electrons. The molecule has 0 aromatic heterocycles. The highest BCUT2D eigenvalue weighted by Crippen LogP contribution is 2.33. The van der Waals surface area contributed by atoms with E-state index in [4.69, 9.17) is 4.74 Å². The lowest BCUT2D eigenvalue weighted by molar-refractivity contribution is 0.0599. The number of ether oxygens (including phenoxy) is 1. The van der Waals surface area contributed by atoms with Gasteiger partial charge in [-0.1, -0.05) is 31.2 Å². The van der Waals surface area contributed by atoms with E-state index in [1.807, 2.05) is 48.2 Å². The lowest BCUT2D eigenvalue weighted by atomic mass is 10.0. The minimum Gasteiger partial charge on any atom is -0.465 e. The van der Waals surface area contributed by atoms with Gasteiger partial charge in [-0.15, -0.1) is 0 Å². The molecular weight excluding hydrogens is 304 g/mol. The third-order valence-electron chi connectivity index (χ3n) is 4.13. The predicted molar refractivity (Wildman–Crippen MR) is 91.9 cm³/mol. The van der Waals surface area contributed by atoms with Crippen molar-refractivity contribution in [2.24, 2.45) is 0 Å². The van der Waals surface area contributed by atoms with E-state index in [9.17, 15) is 9.59 Å². The van der Waals surface area contributed by atoms with E-state index in [0.29, 0.717) is 17.7 Å². The molecule has 0 bridgehead atoms. The number of carbonyl (C=O) groups excluding carboxylic acids is 2. The van der Waals surface area contributed by atoms with E-state index in [1.54, 1.807) is 12.1 Å². The van der Waals surface area contributed by atoms with Crippen molar-refractivity contribution in [2.45, 2.75) is 19.5 Å². The van der Waals surface area contributed by atoms with Crippen LogP contribution in [0.25, 0.3) is 0 Å². The number of hydrogen-bond acceptors (Lipinski definition) is 4. The van der Waals surface area contributed by atoms with Crippen molar-refractivity contribution in [3.8, 4) is 0 Å². The van der Waals surface area contributed by atoms with Crippen LogP contribution in [0, 0.1) is 0 Å². The van der Waals surface area contributed by atoms with Gasteiger partial charge in [0, 0.05) is 12.2 Å². The molecule has 0 fully saturated rings. The highest BCUT2D eigenvalue weighted by atomic mass is 16.5. The normalized spacial score (nSPS) is 16.3. The first-order chi connectivity index (χ1) is 11.7. The SMILES string of the molecule is CCCN1C(=O)c2ccccc2N[C@H]1c1ccc(C(=O)OC)cc1. The van der Waals surface area contributed by atoms with Crippen LogP contribution in [0.15, 0.2) is 48.5 Å². The smallest absolute Gasteiger partial charge is 0.337 e.